The summed E-state index contributed by atoms with van der Waals surface area (Å²) in [6.45, 7) is 3.16. The molecule has 0 radical (unpaired) electrons. The van der Waals surface area contributed by atoms with E-state index < -0.39 is 10.0 Å². The molecule has 1 unspecified atom stereocenters. The maximum Gasteiger partial charge on any atom is 0.246 e. The number of para-hydroxylation sites is 1. The third kappa shape index (κ3) is 3.16. The lowest BCUT2D eigenvalue weighted by Gasteiger charge is -2.18. The van der Waals surface area contributed by atoms with Crippen LogP contribution in [0.2, 0.25) is 0 Å². The first-order valence-electron chi connectivity index (χ1n) is 8.73. The van der Waals surface area contributed by atoms with Crippen molar-refractivity contribution in [2.24, 2.45) is 0 Å². The van der Waals surface area contributed by atoms with Crippen LogP contribution in [0.25, 0.3) is 0 Å². The van der Waals surface area contributed by atoms with Gasteiger partial charge < -0.3 is 4.74 Å². The Balaban J connectivity index is 1.53. The minimum atomic E-state index is -3.58. The van der Waals surface area contributed by atoms with Crippen LogP contribution in [0.5, 0.6) is 5.75 Å². The standard InChI is InChI=1S/C17H22N4O3S/c1-2-24-16-5-3-4-6-17(16)25(22,23)20-10-9-14(11-20)21-12-15(18-19-21)13-7-8-13/h3-6,12-14H,2,7-11H2,1H3. The largest absolute Gasteiger partial charge is 0.492 e. The van der Waals surface area contributed by atoms with Crippen LogP contribution in [0.4, 0.5) is 0 Å². The molecular formula is C17H22N4O3S. The first kappa shape index (κ1) is 16.5. The van der Waals surface area contributed by atoms with E-state index in [2.05, 4.69) is 10.3 Å². The molecule has 1 aromatic carbocycles. The second-order valence-corrected chi connectivity index (χ2v) is 8.49. The molecular weight excluding hydrogens is 340 g/mol. The number of rotatable bonds is 6. The van der Waals surface area contributed by atoms with Gasteiger partial charge in [0.1, 0.15) is 10.6 Å². The van der Waals surface area contributed by atoms with E-state index in [4.69, 9.17) is 4.74 Å². The molecule has 2 heterocycles. The third-order valence-corrected chi connectivity index (χ3v) is 6.70. The van der Waals surface area contributed by atoms with E-state index in [9.17, 15) is 8.42 Å². The maximum absolute atomic E-state index is 13.0. The summed E-state index contributed by atoms with van der Waals surface area (Å²) in [5, 5.41) is 8.45. The van der Waals surface area contributed by atoms with E-state index in [-0.39, 0.29) is 10.9 Å². The van der Waals surface area contributed by atoms with Crippen LogP contribution in [0.15, 0.2) is 35.4 Å². The van der Waals surface area contributed by atoms with Crippen molar-refractivity contribution < 1.29 is 13.2 Å². The Labute approximate surface area is 147 Å². The highest BCUT2D eigenvalue weighted by atomic mass is 32.2. The number of nitrogens with zero attached hydrogens (tertiary/aromatic N) is 4. The fourth-order valence-electron chi connectivity index (χ4n) is 3.26. The molecule has 1 saturated heterocycles. The lowest BCUT2D eigenvalue weighted by molar-refractivity contribution is 0.329. The predicted octanol–water partition coefficient (Wildman–Crippen LogP) is 2.19. The van der Waals surface area contributed by atoms with Crippen LogP contribution in [0, 0.1) is 0 Å². The molecule has 1 atom stereocenters. The van der Waals surface area contributed by atoms with E-state index in [1.807, 2.05) is 17.8 Å². The van der Waals surface area contributed by atoms with Gasteiger partial charge >= 0.3 is 0 Å². The van der Waals surface area contributed by atoms with Crippen molar-refractivity contribution in [2.45, 2.75) is 43.0 Å². The second-order valence-electron chi connectivity index (χ2n) is 6.58. The molecule has 7 nitrogen and oxygen atoms in total. The van der Waals surface area contributed by atoms with Gasteiger partial charge in [0.2, 0.25) is 10.0 Å². The van der Waals surface area contributed by atoms with Crippen molar-refractivity contribution >= 4 is 10.0 Å². The van der Waals surface area contributed by atoms with Crippen molar-refractivity contribution in [3.05, 3.63) is 36.2 Å². The number of benzene rings is 1. The first-order chi connectivity index (χ1) is 12.1. The molecule has 0 spiro atoms. The Morgan fingerprint density at radius 1 is 1.24 bits per heavy atom. The number of sulfonamides is 1. The summed E-state index contributed by atoms with van der Waals surface area (Å²) in [4.78, 5) is 0.231. The van der Waals surface area contributed by atoms with Crippen LogP contribution in [0.1, 0.15) is 43.8 Å². The van der Waals surface area contributed by atoms with E-state index >= 15 is 0 Å². The van der Waals surface area contributed by atoms with Crippen LogP contribution in [-0.4, -0.2) is 47.4 Å². The van der Waals surface area contributed by atoms with Gasteiger partial charge in [-0.3, -0.25) is 0 Å². The van der Waals surface area contributed by atoms with Gasteiger partial charge in [-0.05, 0) is 38.3 Å². The molecule has 2 aliphatic rings. The van der Waals surface area contributed by atoms with Crippen molar-refractivity contribution in [1.82, 2.24) is 19.3 Å². The van der Waals surface area contributed by atoms with E-state index in [0.29, 0.717) is 31.4 Å². The van der Waals surface area contributed by atoms with Gasteiger partial charge in [0.15, 0.2) is 0 Å². The van der Waals surface area contributed by atoms with Gasteiger partial charge in [0, 0.05) is 25.2 Å². The summed E-state index contributed by atoms with van der Waals surface area (Å²) in [5.41, 5.74) is 1.03. The van der Waals surface area contributed by atoms with Gasteiger partial charge in [-0.15, -0.1) is 5.10 Å². The fourth-order valence-corrected chi connectivity index (χ4v) is 4.88. The number of hydrogen-bond donors (Lipinski definition) is 0. The molecule has 0 bridgehead atoms. The molecule has 1 saturated carbocycles. The molecule has 134 valence electrons. The van der Waals surface area contributed by atoms with Gasteiger partial charge in [-0.1, -0.05) is 17.3 Å². The quantitative estimate of drug-likeness (QED) is 0.787. The number of ether oxygens (including phenoxy) is 1. The minimum absolute atomic E-state index is 0.0361. The molecule has 2 fully saturated rings. The smallest absolute Gasteiger partial charge is 0.246 e. The van der Waals surface area contributed by atoms with Crippen LogP contribution in [-0.2, 0) is 10.0 Å². The Bertz CT molecular complexity index is 860. The lowest BCUT2D eigenvalue weighted by Crippen LogP contribution is -2.29. The van der Waals surface area contributed by atoms with Crippen LogP contribution < -0.4 is 4.74 Å². The normalized spacial score (nSPS) is 21.6. The lowest BCUT2D eigenvalue weighted by atomic mass is 10.2. The van der Waals surface area contributed by atoms with E-state index in [1.54, 1.807) is 24.3 Å². The Kier molecular flexibility index (Phi) is 4.24. The topological polar surface area (TPSA) is 77.3 Å². The van der Waals surface area contributed by atoms with Crippen LogP contribution in [0.3, 0.4) is 0 Å². The van der Waals surface area contributed by atoms with E-state index in [1.165, 1.54) is 17.1 Å². The molecule has 25 heavy (non-hydrogen) atoms. The molecule has 4 rings (SSSR count). The Morgan fingerprint density at radius 2 is 2.04 bits per heavy atom. The zero-order valence-corrected chi connectivity index (χ0v) is 15.0. The Morgan fingerprint density at radius 3 is 2.80 bits per heavy atom. The highest BCUT2D eigenvalue weighted by Crippen LogP contribution is 2.39. The third-order valence-electron chi connectivity index (χ3n) is 4.79. The summed E-state index contributed by atoms with van der Waals surface area (Å²) in [5.74, 6) is 0.957. The number of hydrogen-bond acceptors (Lipinski definition) is 5. The summed E-state index contributed by atoms with van der Waals surface area (Å²) < 4.78 is 34.9. The average molecular weight is 362 g/mol. The highest BCUT2D eigenvalue weighted by molar-refractivity contribution is 7.89. The maximum atomic E-state index is 13.0. The van der Waals surface area contributed by atoms with Gasteiger partial charge in [0.05, 0.1) is 18.3 Å². The highest BCUT2D eigenvalue weighted by Gasteiger charge is 2.36. The minimum Gasteiger partial charge on any atom is -0.492 e. The van der Waals surface area contributed by atoms with Crippen molar-refractivity contribution in [1.29, 1.82) is 0 Å². The summed E-state index contributed by atoms with van der Waals surface area (Å²) in [6, 6.07) is 6.85. The molecule has 1 aliphatic carbocycles. The first-order valence-corrected chi connectivity index (χ1v) is 10.2. The predicted molar refractivity (Wildman–Crippen MR) is 92.0 cm³/mol. The van der Waals surface area contributed by atoms with Gasteiger partial charge in [0.25, 0.3) is 0 Å². The van der Waals surface area contributed by atoms with Gasteiger partial charge in [-0.25, -0.2) is 13.1 Å². The zero-order chi connectivity index (χ0) is 17.4. The second kappa shape index (κ2) is 6.42. The molecule has 2 aromatic rings. The Hall–Kier alpha value is -1.93. The van der Waals surface area contributed by atoms with Crippen LogP contribution >= 0.6 is 0 Å². The summed E-state index contributed by atoms with van der Waals surface area (Å²) >= 11 is 0. The number of aromatic nitrogens is 3. The molecule has 8 heteroatoms. The van der Waals surface area contributed by atoms with Crippen molar-refractivity contribution in [2.75, 3.05) is 19.7 Å². The van der Waals surface area contributed by atoms with Crippen molar-refractivity contribution in [3.63, 3.8) is 0 Å². The fraction of sp³-hybridized carbons (Fsp3) is 0.529. The average Bonchev–Trinajstić information content (AvgIpc) is 3.12. The molecule has 1 aromatic heterocycles. The van der Waals surface area contributed by atoms with Crippen molar-refractivity contribution in [3.8, 4) is 5.75 Å². The zero-order valence-electron chi connectivity index (χ0n) is 14.2. The summed E-state index contributed by atoms with van der Waals surface area (Å²) in [6.07, 6.45) is 5.08. The molecule has 1 aliphatic heterocycles. The van der Waals surface area contributed by atoms with Gasteiger partial charge in [-0.2, -0.15) is 4.31 Å². The summed E-state index contributed by atoms with van der Waals surface area (Å²) in [7, 11) is -3.58. The molecule has 0 N–H and O–H groups in total. The van der Waals surface area contributed by atoms with E-state index in [0.717, 1.165) is 12.1 Å². The molecule has 0 amide bonds. The monoisotopic (exact) mass is 362 g/mol. The SMILES string of the molecule is CCOc1ccccc1S(=O)(=O)N1CCC(n2cc(C3CC3)nn2)C1.